The van der Waals surface area contributed by atoms with E-state index in [2.05, 4.69) is 10.6 Å². The van der Waals surface area contributed by atoms with Gasteiger partial charge in [0.05, 0.1) is 0 Å². The van der Waals surface area contributed by atoms with Crippen LogP contribution in [0.1, 0.15) is 51.9 Å². The predicted molar refractivity (Wildman–Crippen MR) is 132 cm³/mol. The Morgan fingerprint density at radius 1 is 1.03 bits per heavy atom. The van der Waals surface area contributed by atoms with Crippen LogP contribution in [-0.4, -0.2) is 57.1 Å². The Labute approximate surface area is 200 Å². The minimum absolute atomic E-state index is 0. The predicted octanol–water partition coefficient (Wildman–Crippen LogP) is 1.98. The lowest BCUT2D eigenvalue weighted by Gasteiger charge is -2.19. The number of carbonyl (C=O) groups excluding carboxylic acids is 2. The second kappa shape index (κ2) is 18.4. The van der Waals surface area contributed by atoms with Crippen molar-refractivity contribution >= 4 is 85.8 Å². The van der Waals surface area contributed by atoms with Gasteiger partial charge in [-0.3, -0.25) is 19.2 Å². The first-order valence-corrected chi connectivity index (χ1v) is 11.0. The fraction of sp³-hybridized carbons (Fsp3) is 0.750. The summed E-state index contributed by atoms with van der Waals surface area (Å²) < 4.78 is 0. The second-order valence-corrected chi connectivity index (χ2v) is 8.98. The number of carboxylic acid groups (broad SMARTS) is 2. The number of amides is 2. The van der Waals surface area contributed by atoms with Crippen molar-refractivity contribution in [2.45, 2.75) is 69.2 Å². The van der Waals surface area contributed by atoms with E-state index in [0.29, 0.717) is 11.7 Å². The third kappa shape index (κ3) is 15.1. The SMILES string of the molecule is C[C@H](NC(=O)[C@H](CCC(=O)O)NC(=O)CCCC[C@H]1CCSS1)C(=O)O.S.S.S. The van der Waals surface area contributed by atoms with Crippen LogP contribution in [0.15, 0.2) is 0 Å². The average molecular weight is 509 g/mol. The quantitative estimate of drug-likeness (QED) is 0.232. The molecule has 1 fully saturated rings. The lowest BCUT2D eigenvalue weighted by atomic mass is 10.1. The second-order valence-electron chi connectivity index (χ2n) is 6.20. The Morgan fingerprint density at radius 2 is 1.69 bits per heavy atom. The van der Waals surface area contributed by atoms with Gasteiger partial charge >= 0.3 is 11.9 Å². The molecule has 1 rings (SSSR count). The molecular weight excluding hydrogens is 477 g/mol. The van der Waals surface area contributed by atoms with Gasteiger partial charge in [0.25, 0.3) is 0 Å². The largest absolute Gasteiger partial charge is 0.481 e. The molecule has 2 amide bonds. The smallest absolute Gasteiger partial charge is 0.325 e. The van der Waals surface area contributed by atoms with Gasteiger partial charge in [-0.25, -0.2) is 0 Å². The molecule has 0 radical (unpaired) electrons. The molecule has 0 aromatic carbocycles. The van der Waals surface area contributed by atoms with Crippen molar-refractivity contribution in [1.82, 2.24) is 10.6 Å². The van der Waals surface area contributed by atoms with Crippen molar-refractivity contribution in [3.63, 3.8) is 0 Å². The zero-order chi connectivity index (χ0) is 19.5. The topological polar surface area (TPSA) is 133 Å². The molecule has 1 aliphatic heterocycles. The van der Waals surface area contributed by atoms with Crippen LogP contribution in [0.25, 0.3) is 0 Å². The van der Waals surface area contributed by atoms with E-state index in [9.17, 15) is 19.2 Å². The summed E-state index contributed by atoms with van der Waals surface area (Å²) in [5.74, 6) is -2.13. The van der Waals surface area contributed by atoms with E-state index < -0.39 is 29.9 Å². The van der Waals surface area contributed by atoms with Crippen molar-refractivity contribution < 1.29 is 29.4 Å². The normalized spacial score (nSPS) is 16.8. The Hall–Kier alpha value is -0.370. The van der Waals surface area contributed by atoms with Crippen LogP contribution in [0, 0.1) is 0 Å². The number of aliphatic carboxylic acids is 2. The van der Waals surface area contributed by atoms with Gasteiger partial charge in [-0.15, -0.1) is 0 Å². The maximum Gasteiger partial charge on any atom is 0.325 e. The molecule has 0 bridgehead atoms. The summed E-state index contributed by atoms with van der Waals surface area (Å²) >= 11 is 0. The Morgan fingerprint density at radius 3 is 2.21 bits per heavy atom. The van der Waals surface area contributed by atoms with Gasteiger partial charge in [0.15, 0.2) is 0 Å². The summed E-state index contributed by atoms with van der Waals surface area (Å²) in [6.07, 6.45) is 3.76. The van der Waals surface area contributed by atoms with Crippen molar-refractivity contribution in [3.05, 3.63) is 0 Å². The zero-order valence-corrected chi connectivity index (χ0v) is 20.9. The minimum atomic E-state index is -1.20. The van der Waals surface area contributed by atoms with Gasteiger partial charge in [0.2, 0.25) is 11.8 Å². The van der Waals surface area contributed by atoms with Crippen LogP contribution in [0.3, 0.4) is 0 Å². The summed E-state index contributed by atoms with van der Waals surface area (Å²) in [5.41, 5.74) is 0. The van der Waals surface area contributed by atoms with Crippen LogP contribution >= 0.6 is 62.1 Å². The maximum atomic E-state index is 12.1. The van der Waals surface area contributed by atoms with E-state index >= 15 is 0 Å². The monoisotopic (exact) mass is 508 g/mol. The molecule has 1 aliphatic rings. The highest BCUT2D eigenvalue weighted by atomic mass is 33.1. The number of nitrogens with one attached hydrogen (secondary N) is 2. The van der Waals surface area contributed by atoms with Crippen molar-refractivity contribution in [3.8, 4) is 0 Å². The number of carbonyl (C=O) groups is 4. The molecule has 0 aromatic heterocycles. The average Bonchev–Trinajstić information content (AvgIpc) is 3.08. The number of hydrogen-bond acceptors (Lipinski definition) is 6. The molecular formula is C16H32N2O6S5. The fourth-order valence-corrected chi connectivity index (χ4v) is 5.43. The zero-order valence-electron chi connectivity index (χ0n) is 16.2. The molecule has 0 spiro atoms. The summed E-state index contributed by atoms with van der Waals surface area (Å²) in [4.78, 5) is 45.7. The van der Waals surface area contributed by atoms with Gasteiger partial charge in [0, 0.05) is 23.8 Å². The number of carboxylic acids is 2. The first-order valence-electron chi connectivity index (χ1n) is 8.62. The van der Waals surface area contributed by atoms with Crippen LogP contribution < -0.4 is 10.6 Å². The highest BCUT2D eigenvalue weighted by molar-refractivity contribution is 8.77. The van der Waals surface area contributed by atoms with Crippen LogP contribution in [0.4, 0.5) is 0 Å². The molecule has 3 atom stereocenters. The van der Waals surface area contributed by atoms with Gasteiger partial charge in [-0.1, -0.05) is 28.0 Å². The van der Waals surface area contributed by atoms with Crippen LogP contribution in [-0.2, 0) is 19.2 Å². The molecule has 0 aromatic rings. The Bertz CT molecular complexity index is 520. The third-order valence-electron chi connectivity index (χ3n) is 3.93. The summed E-state index contributed by atoms with van der Waals surface area (Å²) in [6.45, 7) is 1.30. The molecule has 172 valence electrons. The Balaban J connectivity index is -0.00000225. The fourth-order valence-electron chi connectivity index (χ4n) is 2.40. The first-order chi connectivity index (χ1) is 12.3. The minimum Gasteiger partial charge on any atom is -0.481 e. The summed E-state index contributed by atoms with van der Waals surface area (Å²) in [6, 6.07) is -2.17. The van der Waals surface area contributed by atoms with E-state index in [1.54, 1.807) is 0 Å². The molecule has 13 heteroatoms. The van der Waals surface area contributed by atoms with Gasteiger partial charge in [-0.05, 0) is 32.6 Å². The lowest BCUT2D eigenvalue weighted by molar-refractivity contribution is -0.142. The molecule has 29 heavy (non-hydrogen) atoms. The van der Waals surface area contributed by atoms with Crippen molar-refractivity contribution in [1.29, 1.82) is 0 Å². The maximum absolute atomic E-state index is 12.1. The molecule has 0 unspecified atom stereocenters. The summed E-state index contributed by atoms with van der Waals surface area (Å²) in [5, 5.41) is 23.1. The van der Waals surface area contributed by atoms with Crippen LogP contribution in [0.2, 0.25) is 0 Å². The number of hydrogen-bond donors (Lipinski definition) is 4. The van der Waals surface area contributed by atoms with Crippen molar-refractivity contribution in [2.75, 3.05) is 5.75 Å². The van der Waals surface area contributed by atoms with Gasteiger partial charge in [0.1, 0.15) is 12.1 Å². The van der Waals surface area contributed by atoms with Crippen molar-refractivity contribution in [2.24, 2.45) is 0 Å². The number of rotatable bonds is 12. The molecule has 1 saturated heterocycles. The lowest BCUT2D eigenvalue weighted by Crippen LogP contribution is -2.50. The van der Waals surface area contributed by atoms with E-state index in [4.69, 9.17) is 10.2 Å². The summed E-state index contributed by atoms with van der Waals surface area (Å²) in [7, 11) is 3.77. The highest BCUT2D eigenvalue weighted by Crippen LogP contribution is 2.39. The molecule has 0 saturated carbocycles. The number of unbranched alkanes of at least 4 members (excludes halogenated alkanes) is 1. The molecule has 0 aliphatic carbocycles. The first kappa shape index (κ1) is 33.3. The standard InChI is InChI=1S/C16H26N2O6S2.3H2S/c1-10(16(23)24)17-15(22)12(6-7-14(20)21)18-13(19)5-3-2-4-11-8-9-25-26-11;;;/h10-12H,2-9H2,1H3,(H,17,22)(H,18,19)(H,20,21)(H,23,24);3*1H2/t10-,11-,12-;;;/m0.../s1. The van der Waals surface area contributed by atoms with E-state index in [1.807, 2.05) is 21.6 Å². The van der Waals surface area contributed by atoms with Crippen LogP contribution in [0.5, 0.6) is 0 Å². The molecule has 1 heterocycles. The molecule has 8 nitrogen and oxygen atoms in total. The van der Waals surface area contributed by atoms with Gasteiger partial charge in [-0.2, -0.15) is 40.5 Å². The van der Waals surface area contributed by atoms with E-state index in [-0.39, 0.29) is 65.7 Å². The third-order valence-corrected chi connectivity index (χ3v) is 6.94. The van der Waals surface area contributed by atoms with E-state index in [0.717, 1.165) is 12.8 Å². The van der Waals surface area contributed by atoms with E-state index in [1.165, 1.54) is 19.1 Å². The molecule has 4 N–H and O–H groups in total. The van der Waals surface area contributed by atoms with Gasteiger partial charge < -0.3 is 20.8 Å². The Kier molecular flexibility index (Phi) is 21.1. The highest BCUT2D eigenvalue weighted by Gasteiger charge is 2.24.